The maximum atomic E-state index is 6.09. The molecule has 0 radical (unpaired) electrons. The molecule has 0 atom stereocenters. The maximum Gasteiger partial charge on any atom is 0.0586 e. The van der Waals surface area contributed by atoms with Gasteiger partial charge in [0.1, 0.15) is 0 Å². The van der Waals surface area contributed by atoms with E-state index in [1.165, 1.54) is 10.5 Å². The molecule has 5 nitrogen and oxygen atoms in total. The minimum atomic E-state index is 0.581. The van der Waals surface area contributed by atoms with Crippen LogP contribution >= 0.6 is 27.9 Å². The molecule has 0 spiro atoms. The minimum absolute atomic E-state index is 0.581. The molecular formula is C22H24BrN5S. The van der Waals surface area contributed by atoms with E-state index in [4.69, 9.17) is 11.6 Å². The highest BCUT2D eigenvalue weighted by Crippen LogP contribution is 2.24. The van der Waals surface area contributed by atoms with Crippen LogP contribution in [0, 0.1) is 0 Å². The van der Waals surface area contributed by atoms with Crippen molar-refractivity contribution in [2.75, 3.05) is 6.54 Å². The standard InChI is InChI=1S/C22H24BrN5S/c23-20-5-1-2-6-22(20)29-27-13-11-17-7-9-18(10-8-17)15-28(25)16-21(24)19-4-3-12-26-14-19/h1-10,12,14,16,27H,11,13,15,24-25H2/b21-16-. The summed E-state index contributed by atoms with van der Waals surface area (Å²) in [7, 11) is 0. The third kappa shape index (κ3) is 6.90. The Morgan fingerprint density at radius 3 is 2.55 bits per heavy atom. The Balaban J connectivity index is 1.45. The monoisotopic (exact) mass is 469 g/mol. The van der Waals surface area contributed by atoms with E-state index in [-0.39, 0.29) is 0 Å². The van der Waals surface area contributed by atoms with Gasteiger partial charge < -0.3 is 10.7 Å². The van der Waals surface area contributed by atoms with Gasteiger partial charge in [-0.05, 0) is 69.7 Å². The second kappa shape index (κ2) is 11.0. The topological polar surface area (TPSA) is 80.2 Å². The lowest BCUT2D eigenvalue weighted by atomic mass is 10.1. The van der Waals surface area contributed by atoms with Gasteiger partial charge in [-0.1, -0.05) is 36.4 Å². The summed E-state index contributed by atoms with van der Waals surface area (Å²) in [5, 5.41) is 1.59. The number of nitrogens with two attached hydrogens (primary N) is 2. The van der Waals surface area contributed by atoms with Gasteiger partial charge in [0, 0.05) is 40.1 Å². The number of pyridine rings is 1. The molecule has 0 aliphatic carbocycles. The van der Waals surface area contributed by atoms with Crippen molar-refractivity contribution in [2.45, 2.75) is 17.9 Å². The Morgan fingerprint density at radius 2 is 1.83 bits per heavy atom. The van der Waals surface area contributed by atoms with Crippen molar-refractivity contribution in [1.82, 2.24) is 14.7 Å². The quantitative estimate of drug-likeness (QED) is 0.187. The van der Waals surface area contributed by atoms with E-state index in [1.54, 1.807) is 35.6 Å². The molecule has 5 N–H and O–H groups in total. The Hall–Kier alpha value is -2.32. The second-order valence-electron chi connectivity index (χ2n) is 6.49. The molecular weight excluding hydrogens is 446 g/mol. The lowest BCUT2D eigenvalue weighted by Crippen LogP contribution is -2.25. The van der Waals surface area contributed by atoms with Crippen LogP contribution in [0.5, 0.6) is 0 Å². The van der Waals surface area contributed by atoms with Crippen molar-refractivity contribution in [3.63, 3.8) is 0 Å². The molecule has 3 aromatic rings. The van der Waals surface area contributed by atoms with Crippen LogP contribution in [0.2, 0.25) is 0 Å². The van der Waals surface area contributed by atoms with E-state index < -0.39 is 0 Å². The average Bonchev–Trinajstić information content (AvgIpc) is 2.74. The van der Waals surface area contributed by atoms with Gasteiger partial charge in [0.05, 0.1) is 12.2 Å². The van der Waals surface area contributed by atoms with Crippen LogP contribution in [0.1, 0.15) is 16.7 Å². The first-order valence-corrected chi connectivity index (χ1v) is 10.8. The van der Waals surface area contributed by atoms with Crippen molar-refractivity contribution < 1.29 is 0 Å². The fourth-order valence-electron chi connectivity index (χ4n) is 2.71. The molecule has 0 saturated heterocycles. The van der Waals surface area contributed by atoms with Crippen LogP contribution in [0.25, 0.3) is 5.70 Å². The summed E-state index contributed by atoms with van der Waals surface area (Å²) in [6.07, 6.45) is 6.12. The smallest absolute Gasteiger partial charge is 0.0586 e. The molecule has 2 aromatic carbocycles. The highest BCUT2D eigenvalue weighted by molar-refractivity contribution is 9.10. The number of benzene rings is 2. The van der Waals surface area contributed by atoms with Crippen LogP contribution in [0.4, 0.5) is 0 Å². The van der Waals surface area contributed by atoms with Gasteiger partial charge in [0.15, 0.2) is 0 Å². The molecule has 3 rings (SSSR count). The van der Waals surface area contributed by atoms with E-state index in [2.05, 4.69) is 56.0 Å². The zero-order valence-electron chi connectivity index (χ0n) is 16.0. The average molecular weight is 470 g/mol. The molecule has 0 amide bonds. The molecule has 150 valence electrons. The highest BCUT2D eigenvalue weighted by atomic mass is 79.9. The van der Waals surface area contributed by atoms with E-state index in [9.17, 15) is 0 Å². The third-order valence-electron chi connectivity index (χ3n) is 4.22. The first-order valence-electron chi connectivity index (χ1n) is 9.23. The molecule has 0 bridgehead atoms. The zero-order chi connectivity index (χ0) is 20.5. The molecule has 1 aromatic heterocycles. The van der Waals surface area contributed by atoms with Crippen molar-refractivity contribution in [1.29, 1.82) is 0 Å². The van der Waals surface area contributed by atoms with Crippen LogP contribution in [0.15, 0.2) is 88.6 Å². The van der Waals surface area contributed by atoms with Crippen molar-refractivity contribution >= 4 is 33.6 Å². The summed E-state index contributed by atoms with van der Waals surface area (Å²) in [4.78, 5) is 5.25. The van der Waals surface area contributed by atoms with Crippen molar-refractivity contribution in [3.8, 4) is 0 Å². The van der Waals surface area contributed by atoms with Crippen LogP contribution < -0.4 is 16.3 Å². The normalized spacial score (nSPS) is 11.4. The van der Waals surface area contributed by atoms with Gasteiger partial charge in [-0.15, -0.1) is 0 Å². The van der Waals surface area contributed by atoms with E-state index in [0.717, 1.165) is 28.6 Å². The maximum absolute atomic E-state index is 6.09. The summed E-state index contributed by atoms with van der Waals surface area (Å²) in [6.45, 7) is 1.47. The van der Waals surface area contributed by atoms with Gasteiger partial charge >= 0.3 is 0 Å². The zero-order valence-corrected chi connectivity index (χ0v) is 18.4. The predicted octanol–water partition coefficient (Wildman–Crippen LogP) is 4.32. The number of hydrazine groups is 1. The Morgan fingerprint density at radius 1 is 1.07 bits per heavy atom. The van der Waals surface area contributed by atoms with Crippen LogP contribution in [-0.2, 0) is 13.0 Å². The number of nitrogens with zero attached hydrogens (tertiary/aromatic N) is 2. The Kier molecular flexibility index (Phi) is 8.13. The minimum Gasteiger partial charge on any atom is -0.397 e. The molecule has 0 fully saturated rings. The fourth-order valence-corrected chi connectivity index (χ4v) is 3.91. The molecule has 0 aliphatic rings. The van der Waals surface area contributed by atoms with Gasteiger partial charge in [0.25, 0.3) is 0 Å². The summed E-state index contributed by atoms with van der Waals surface area (Å²) in [5.74, 6) is 6.09. The predicted molar refractivity (Wildman–Crippen MR) is 124 cm³/mol. The summed E-state index contributed by atoms with van der Waals surface area (Å²) >= 11 is 5.20. The highest BCUT2D eigenvalue weighted by Gasteiger charge is 2.02. The SMILES string of the molecule is N/C(=C\N(N)Cc1ccc(CCNSc2ccccc2Br)cc1)c1cccnc1. The second-order valence-corrected chi connectivity index (χ2v) is 8.28. The largest absolute Gasteiger partial charge is 0.397 e. The molecule has 1 heterocycles. The van der Waals surface area contributed by atoms with E-state index in [1.807, 2.05) is 30.3 Å². The summed E-state index contributed by atoms with van der Waals surface area (Å²) in [6, 6.07) is 20.4. The van der Waals surface area contributed by atoms with Crippen LogP contribution in [0.3, 0.4) is 0 Å². The number of nitrogens with one attached hydrogen (secondary N) is 1. The third-order valence-corrected chi connectivity index (χ3v) is 6.10. The first kappa shape index (κ1) is 21.4. The molecule has 0 saturated carbocycles. The lowest BCUT2D eigenvalue weighted by molar-refractivity contribution is 0.388. The summed E-state index contributed by atoms with van der Waals surface area (Å²) in [5.41, 5.74) is 9.93. The summed E-state index contributed by atoms with van der Waals surface area (Å²) < 4.78 is 4.51. The number of halogens is 1. The van der Waals surface area contributed by atoms with Gasteiger partial charge in [0.2, 0.25) is 0 Å². The van der Waals surface area contributed by atoms with Crippen LogP contribution in [-0.4, -0.2) is 16.5 Å². The number of hydrogen-bond donors (Lipinski definition) is 3. The number of hydrogen-bond acceptors (Lipinski definition) is 6. The molecule has 29 heavy (non-hydrogen) atoms. The molecule has 7 heteroatoms. The Labute approximate surface area is 184 Å². The van der Waals surface area contributed by atoms with Gasteiger partial charge in [-0.25, -0.2) is 5.84 Å². The number of rotatable bonds is 9. The number of aromatic nitrogens is 1. The van der Waals surface area contributed by atoms with E-state index in [0.29, 0.717) is 12.2 Å². The van der Waals surface area contributed by atoms with Gasteiger partial charge in [-0.3, -0.25) is 9.71 Å². The van der Waals surface area contributed by atoms with Crippen molar-refractivity contribution in [2.24, 2.45) is 11.6 Å². The molecule has 0 unspecified atom stereocenters. The van der Waals surface area contributed by atoms with Gasteiger partial charge in [-0.2, -0.15) is 0 Å². The van der Waals surface area contributed by atoms with E-state index >= 15 is 0 Å². The Bertz CT molecular complexity index is 931. The first-order chi connectivity index (χ1) is 14.1. The fraction of sp³-hybridized carbons (Fsp3) is 0.136. The van der Waals surface area contributed by atoms with Crippen molar-refractivity contribution in [3.05, 3.63) is 100 Å². The lowest BCUT2D eigenvalue weighted by Gasteiger charge is -2.15. The molecule has 0 aliphatic heterocycles.